The van der Waals surface area contributed by atoms with Crippen LogP contribution in [-0.4, -0.2) is 25.4 Å². The van der Waals surface area contributed by atoms with E-state index in [1.54, 1.807) is 0 Å². The lowest BCUT2D eigenvalue weighted by Gasteiger charge is -2.04. The third-order valence-corrected chi connectivity index (χ3v) is 4.21. The number of nitrogens with zero attached hydrogens (tertiary/aromatic N) is 2. The monoisotopic (exact) mass is 335 g/mol. The summed E-state index contributed by atoms with van der Waals surface area (Å²) in [7, 11) is 0. The molecular formula is C14H14BrN3O2. The van der Waals surface area contributed by atoms with Crippen molar-refractivity contribution in [2.45, 2.75) is 26.2 Å². The number of carboxylic acid groups (broad SMARTS) is 1. The number of aromatic nitrogens is 3. The van der Waals surface area contributed by atoms with Crippen molar-refractivity contribution in [3.05, 3.63) is 34.1 Å². The molecule has 2 aromatic heterocycles. The zero-order valence-electron chi connectivity index (χ0n) is 11.1. The van der Waals surface area contributed by atoms with E-state index in [9.17, 15) is 4.79 Å². The van der Waals surface area contributed by atoms with Gasteiger partial charge in [-0.1, -0.05) is 19.9 Å². The van der Waals surface area contributed by atoms with Crippen LogP contribution in [0.15, 0.2) is 22.8 Å². The lowest BCUT2D eigenvalue weighted by Crippen LogP contribution is -2.01. The van der Waals surface area contributed by atoms with Crippen molar-refractivity contribution in [3.63, 3.8) is 0 Å². The van der Waals surface area contributed by atoms with Crippen LogP contribution < -0.4 is 0 Å². The first-order chi connectivity index (χ1) is 9.47. The minimum Gasteiger partial charge on any atom is -0.481 e. The molecule has 0 radical (unpaired) electrons. The lowest BCUT2D eigenvalue weighted by atomic mass is 10.0. The Morgan fingerprint density at radius 3 is 2.90 bits per heavy atom. The van der Waals surface area contributed by atoms with Gasteiger partial charge >= 0.3 is 5.97 Å². The molecule has 0 saturated carbocycles. The number of hydrogen-bond donors (Lipinski definition) is 2. The van der Waals surface area contributed by atoms with Gasteiger partial charge in [0.25, 0.3) is 0 Å². The largest absolute Gasteiger partial charge is 0.481 e. The van der Waals surface area contributed by atoms with Gasteiger partial charge in [0.15, 0.2) is 0 Å². The van der Waals surface area contributed by atoms with E-state index in [0.717, 1.165) is 15.6 Å². The fraction of sp³-hybridized carbons (Fsp3) is 0.286. The van der Waals surface area contributed by atoms with Gasteiger partial charge in [0.05, 0.1) is 23.1 Å². The van der Waals surface area contributed by atoms with E-state index in [4.69, 9.17) is 5.11 Å². The number of fused-ring (bicyclic) bond motifs is 3. The maximum absolute atomic E-state index is 10.8. The Morgan fingerprint density at radius 1 is 1.50 bits per heavy atom. The minimum atomic E-state index is -0.874. The van der Waals surface area contributed by atoms with Crippen LogP contribution in [0, 0.1) is 0 Å². The topological polar surface area (TPSA) is 70.4 Å². The van der Waals surface area contributed by atoms with Gasteiger partial charge < -0.3 is 10.1 Å². The number of H-pyrrole nitrogens is 1. The highest BCUT2D eigenvalue weighted by atomic mass is 79.9. The molecule has 0 aliphatic carbocycles. The van der Waals surface area contributed by atoms with Gasteiger partial charge in [-0.15, -0.1) is 0 Å². The van der Waals surface area contributed by atoms with Crippen LogP contribution in [-0.2, 0) is 11.2 Å². The van der Waals surface area contributed by atoms with Gasteiger partial charge in [-0.2, -0.15) is 0 Å². The quantitative estimate of drug-likeness (QED) is 0.771. The van der Waals surface area contributed by atoms with Crippen molar-refractivity contribution in [2.75, 3.05) is 0 Å². The Kier molecular flexibility index (Phi) is 3.05. The predicted molar refractivity (Wildman–Crippen MR) is 80.2 cm³/mol. The molecule has 2 N–H and O–H groups in total. The molecule has 5 nitrogen and oxygen atoms in total. The Balaban J connectivity index is 2.22. The fourth-order valence-electron chi connectivity index (χ4n) is 2.33. The van der Waals surface area contributed by atoms with Gasteiger partial charge in [0.1, 0.15) is 4.60 Å². The van der Waals surface area contributed by atoms with Crippen LogP contribution >= 0.6 is 15.9 Å². The fourth-order valence-corrected chi connectivity index (χ4v) is 2.93. The zero-order valence-corrected chi connectivity index (χ0v) is 12.7. The molecule has 2 heterocycles. The third kappa shape index (κ3) is 2.00. The van der Waals surface area contributed by atoms with Crippen LogP contribution in [0.1, 0.15) is 31.0 Å². The van der Waals surface area contributed by atoms with Crippen molar-refractivity contribution in [3.8, 4) is 0 Å². The highest BCUT2D eigenvalue weighted by Crippen LogP contribution is 2.27. The SMILES string of the molecule is CC(C)c1ccc2c(c1)nc1[nH]c(CC(=O)O)c(Br)n12. The summed E-state index contributed by atoms with van der Waals surface area (Å²) in [6, 6.07) is 6.18. The molecule has 104 valence electrons. The maximum atomic E-state index is 10.8. The number of benzene rings is 1. The normalized spacial score (nSPS) is 11.8. The minimum absolute atomic E-state index is 0.0600. The molecule has 0 aliphatic rings. The van der Waals surface area contributed by atoms with Crippen molar-refractivity contribution in [1.29, 1.82) is 0 Å². The number of aromatic amines is 1. The second kappa shape index (κ2) is 4.63. The third-order valence-electron chi connectivity index (χ3n) is 3.38. The van der Waals surface area contributed by atoms with E-state index in [1.807, 2.05) is 10.5 Å². The average Bonchev–Trinajstić information content (AvgIpc) is 2.85. The Labute approximate surface area is 123 Å². The number of hydrogen-bond acceptors (Lipinski definition) is 2. The molecule has 0 atom stereocenters. The number of aliphatic carboxylic acids is 1. The smallest absolute Gasteiger partial charge is 0.309 e. The van der Waals surface area contributed by atoms with Gasteiger partial charge in [0.2, 0.25) is 5.78 Å². The first-order valence-electron chi connectivity index (χ1n) is 6.37. The average molecular weight is 336 g/mol. The van der Waals surface area contributed by atoms with E-state index < -0.39 is 5.97 Å². The van der Waals surface area contributed by atoms with Crippen LogP contribution in [0.2, 0.25) is 0 Å². The van der Waals surface area contributed by atoms with E-state index in [1.165, 1.54) is 5.56 Å². The van der Waals surface area contributed by atoms with Gasteiger partial charge in [-0.3, -0.25) is 9.20 Å². The summed E-state index contributed by atoms with van der Waals surface area (Å²) in [5.41, 5.74) is 3.73. The predicted octanol–water partition coefficient (Wildman–Crippen LogP) is 3.33. The molecule has 0 unspecified atom stereocenters. The number of nitrogens with one attached hydrogen (secondary N) is 1. The molecule has 3 rings (SSSR count). The maximum Gasteiger partial charge on any atom is 0.309 e. The number of carboxylic acids is 1. The Bertz CT molecular complexity index is 817. The van der Waals surface area contributed by atoms with Crippen molar-refractivity contribution in [2.24, 2.45) is 0 Å². The van der Waals surface area contributed by atoms with E-state index in [0.29, 0.717) is 17.4 Å². The zero-order chi connectivity index (χ0) is 14.4. The highest BCUT2D eigenvalue weighted by molar-refractivity contribution is 9.10. The molecular weight excluding hydrogens is 322 g/mol. The standard InChI is InChI=1S/C14H14BrN3O2/c1-7(2)8-3-4-11-9(5-8)16-14-17-10(6-12(19)20)13(15)18(11)14/h3-5,7H,6H2,1-2H3,(H,16,17)(H,19,20). The van der Waals surface area contributed by atoms with Crippen LogP contribution in [0.4, 0.5) is 0 Å². The molecule has 0 saturated heterocycles. The summed E-state index contributed by atoms with van der Waals surface area (Å²) in [6.45, 7) is 4.29. The van der Waals surface area contributed by atoms with Crippen LogP contribution in [0.3, 0.4) is 0 Å². The molecule has 3 aromatic rings. The number of carbonyl (C=O) groups is 1. The Hall–Kier alpha value is -1.82. The van der Waals surface area contributed by atoms with Gasteiger partial charge in [0, 0.05) is 0 Å². The van der Waals surface area contributed by atoms with E-state index >= 15 is 0 Å². The van der Waals surface area contributed by atoms with E-state index in [2.05, 4.69) is 51.9 Å². The number of imidazole rings is 2. The molecule has 0 spiro atoms. The summed E-state index contributed by atoms with van der Waals surface area (Å²) in [5, 5.41) is 8.89. The first-order valence-corrected chi connectivity index (χ1v) is 7.17. The lowest BCUT2D eigenvalue weighted by molar-refractivity contribution is -0.136. The number of halogens is 1. The van der Waals surface area contributed by atoms with Crippen LogP contribution in [0.25, 0.3) is 16.8 Å². The summed E-state index contributed by atoms with van der Waals surface area (Å²) in [4.78, 5) is 18.4. The van der Waals surface area contributed by atoms with Crippen molar-refractivity contribution >= 4 is 38.7 Å². The molecule has 20 heavy (non-hydrogen) atoms. The van der Waals surface area contributed by atoms with Gasteiger partial charge in [-0.05, 0) is 39.5 Å². The van der Waals surface area contributed by atoms with E-state index in [-0.39, 0.29) is 6.42 Å². The molecule has 0 amide bonds. The molecule has 0 bridgehead atoms. The first kappa shape index (κ1) is 13.2. The second-order valence-electron chi connectivity index (χ2n) is 5.14. The summed E-state index contributed by atoms with van der Waals surface area (Å²) in [5.74, 6) is 0.232. The second-order valence-corrected chi connectivity index (χ2v) is 5.89. The molecule has 0 fully saturated rings. The summed E-state index contributed by atoms with van der Waals surface area (Å²) >= 11 is 3.46. The Morgan fingerprint density at radius 2 is 2.25 bits per heavy atom. The summed E-state index contributed by atoms with van der Waals surface area (Å²) < 4.78 is 2.62. The van der Waals surface area contributed by atoms with Crippen molar-refractivity contribution in [1.82, 2.24) is 14.4 Å². The number of rotatable bonds is 3. The highest BCUT2D eigenvalue weighted by Gasteiger charge is 2.16. The summed E-state index contributed by atoms with van der Waals surface area (Å²) in [6.07, 6.45) is -0.0600. The molecule has 1 aromatic carbocycles. The van der Waals surface area contributed by atoms with Gasteiger partial charge in [-0.25, -0.2) is 4.98 Å². The van der Waals surface area contributed by atoms with Crippen molar-refractivity contribution < 1.29 is 9.90 Å². The molecule has 0 aliphatic heterocycles. The molecule has 6 heteroatoms. The van der Waals surface area contributed by atoms with Crippen LogP contribution in [0.5, 0.6) is 0 Å².